The Kier molecular flexibility index (Phi) is 4.88. The van der Waals surface area contributed by atoms with Crippen molar-refractivity contribution in [2.45, 2.75) is 31.7 Å². The SMILES string of the molecule is NC(=O)CCC(C=O)NC(=O)Cc1ccc2c(c1)CC(=O)N2.[HH].[HH].[HH]. The number of anilines is 1. The van der Waals surface area contributed by atoms with Crippen molar-refractivity contribution in [1.29, 1.82) is 0 Å². The highest BCUT2D eigenvalue weighted by atomic mass is 16.2. The molecule has 0 aliphatic carbocycles. The quantitative estimate of drug-likeness (QED) is 0.632. The van der Waals surface area contributed by atoms with Crippen molar-refractivity contribution in [1.82, 2.24) is 5.32 Å². The van der Waals surface area contributed by atoms with Gasteiger partial charge in [-0.25, -0.2) is 0 Å². The minimum absolute atomic E-state index is 0. The van der Waals surface area contributed by atoms with Gasteiger partial charge in [0.05, 0.1) is 18.9 Å². The Morgan fingerprint density at radius 2 is 2.23 bits per heavy atom. The smallest absolute Gasteiger partial charge is 0.228 e. The monoisotopic (exact) mass is 309 g/mol. The van der Waals surface area contributed by atoms with E-state index in [1.165, 1.54) is 0 Å². The summed E-state index contributed by atoms with van der Waals surface area (Å²) < 4.78 is 0. The normalized spacial score (nSPS) is 13.9. The molecule has 1 atom stereocenters. The fraction of sp³-hybridized carbons (Fsp3) is 0.333. The fourth-order valence-corrected chi connectivity index (χ4v) is 2.31. The van der Waals surface area contributed by atoms with E-state index < -0.39 is 11.9 Å². The lowest BCUT2D eigenvalue weighted by Gasteiger charge is -2.12. The van der Waals surface area contributed by atoms with Crippen molar-refractivity contribution in [3.63, 3.8) is 0 Å². The van der Waals surface area contributed by atoms with Gasteiger partial charge in [0.15, 0.2) is 0 Å². The van der Waals surface area contributed by atoms with Crippen molar-refractivity contribution < 1.29 is 23.5 Å². The molecule has 1 unspecified atom stereocenters. The number of nitrogens with one attached hydrogen (secondary N) is 2. The number of primary amides is 1. The van der Waals surface area contributed by atoms with Crippen LogP contribution in [0.15, 0.2) is 18.2 Å². The third-order valence-corrected chi connectivity index (χ3v) is 3.37. The van der Waals surface area contributed by atoms with E-state index in [-0.39, 0.29) is 35.4 Å². The van der Waals surface area contributed by atoms with Crippen LogP contribution >= 0.6 is 0 Å². The number of fused-ring (bicyclic) bond motifs is 1. The highest BCUT2D eigenvalue weighted by molar-refractivity contribution is 5.99. The van der Waals surface area contributed by atoms with Crippen LogP contribution in [-0.2, 0) is 32.0 Å². The van der Waals surface area contributed by atoms with E-state index in [0.717, 1.165) is 16.8 Å². The van der Waals surface area contributed by atoms with Crippen LogP contribution in [0.25, 0.3) is 0 Å². The van der Waals surface area contributed by atoms with Crippen LogP contribution in [0.4, 0.5) is 5.69 Å². The van der Waals surface area contributed by atoms with Crippen molar-refractivity contribution in [3.8, 4) is 0 Å². The zero-order chi connectivity index (χ0) is 16.1. The predicted molar refractivity (Wildman–Crippen MR) is 85.2 cm³/mol. The summed E-state index contributed by atoms with van der Waals surface area (Å²) in [6.45, 7) is 0. The number of amides is 3. The van der Waals surface area contributed by atoms with Crippen LogP contribution in [0, 0.1) is 0 Å². The molecule has 4 N–H and O–H groups in total. The Labute approximate surface area is 131 Å². The summed E-state index contributed by atoms with van der Waals surface area (Å²) in [5.41, 5.74) is 7.39. The van der Waals surface area contributed by atoms with E-state index in [1.807, 2.05) is 0 Å². The van der Waals surface area contributed by atoms with E-state index >= 15 is 0 Å². The molecule has 3 amide bonds. The van der Waals surface area contributed by atoms with Gasteiger partial charge in [-0.05, 0) is 23.6 Å². The molecular weight excluding hydrogens is 286 g/mol. The van der Waals surface area contributed by atoms with E-state index in [0.29, 0.717) is 12.7 Å². The molecule has 1 aromatic rings. The lowest BCUT2D eigenvalue weighted by Crippen LogP contribution is -2.37. The van der Waals surface area contributed by atoms with Crippen molar-refractivity contribution in [3.05, 3.63) is 29.3 Å². The van der Waals surface area contributed by atoms with Crippen LogP contribution in [0.1, 0.15) is 28.2 Å². The average molecular weight is 309 g/mol. The number of nitrogens with two attached hydrogens (primary N) is 1. The van der Waals surface area contributed by atoms with Crippen LogP contribution < -0.4 is 16.4 Å². The summed E-state index contributed by atoms with van der Waals surface area (Å²) in [5.74, 6) is -0.903. The maximum absolute atomic E-state index is 11.9. The molecule has 0 fully saturated rings. The minimum atomic E-state index is -0.724. The standard InChI is InChI=1S/C15H17N3O4.3H2/c16-13(20)4-2-11(8-19)17-14(21)6-9-1-3-12-10(5-9)7-15(22)18-12;;;/h1,3,5,8,11H,2,4,6-7H2,(H2,16,20)(H,17,21)(H,18,22);3*1H. The number of aldehydes is 1. The van der Waals surface area contributed by atoms with Crippen LogP contribution in [0.3, 0.4) is 0 Å². The third kappa shape index (κ3) is 4.15. The van der Waals surface area contributed by atoms with Crippen LogP contribution in [0.5, 0.6) is 0 Å². The zero-order valence-electron chi connectivity index (χ0n) is 11.9. The van der Waals surface area contributed by atoms with Crippen LogP contribution in [0.2, 0.25) is 0 Å². The number of carbonyl (C=O) groups excluding carboxylic acids is 4. The maximum Gasteiger partial charge on any atom is 0.228 e. The van der Waals surface area contributed by atoms with Gasteiger partial charge in [0.1, 0.15) is 6.29 Å². The number of carbonyl (C=O) groups is 4. The second kappa shape index (κ2) is 6.84. The molecule has 1 heterocycles. The minimum Gasteiger partial charge on any atom is -0.370 e. The number of hydrogen-bond donors (Lipinski definition) is 3. The summed E-state index contributed by atoms with van der Waals surface area (Å²) in [7, 11) is 0. The molecule has 0 radical (unpaired) electrons. The summed E-state index contributed by atoms with van der Waals surface area (Å²) in [6, 6.07) is 4.58. The highest BCUT2D eigenvalue weighted by Gasteiger charge is 2.18. The molecule has 1 aliphatic rings. The van der Waals surface area contributed by atoms with Gasteiger partial charge < -0.3 is 21.2 Å². The van der Waals surface area contributed by atoms with Crippen molar-refractivity contribution in [2.75, 3.05) is 5.32 Å². The Morgan fingerprint density at radius 3 is 2.91 bits per heavy atom. The number of hydrogen-bond acceptors (Lipinski definition) is 4. The van der Waals surface area contributed by atoms with E-state index in [2.05, 4.69) is 10.6 Å². The van der Waals surface area contributed by atoms with Gasteiger partial charge >= 0.3 is 0 Å². The third-order valence-electron chi connectivity index (χ3n) is 3.37. The molecule has 0 aromatic heterocycles. The predicted octanol–water partition coefficient (Wildman–Crippen LogP) is 0.411. The van der Waals surface area contributed by atoms with Crippen molar-refractivity contribution >= 4 is 29.7 Å². The van der Waals surface area contributed by atoms with Gasteiger partial charge in [0, 0.05) is 16.4 Å². The topological polar surface area (TPSA) is 118 Å². The Bertz CT molecular complexity index is 640. The second-order valence-corrected chi connectivity index (χ2v) is 5.21. The van der Waals surface area contributed by atoms with Crippen molar-refractivity contribution in [2.24, 2.45) is 5.73 Å². The summed E-state index contributed by atoms with van der Waals surface area (Å²) in [6.07, 6.45) is 1.22. The molecule has 22 heavy (non-hydrogen) atoms. The summed E-state index contributed by atoms with van der Waals surface area (Å²) in [4.78, 5) is 44.8. The molecule has 7 nitrogen and oxygen atoms in total. The molecule has 0 saturated heterocycles. The molecule has 7 heteroatoms. The Morgan fingerprint density at radius 1 is 1.45 bits per heavy atom. The highest BCUT2D eigenvalue weighted by Crippen LogP contribution is 2.23. The second-order valence-electron chi connectivity index (χ2n) is 5.21. The average Bonchev–Trinajstić information content (AvgIpc) is 2.82. The summed E-state index contributed by atoms with van der Waals surface area (Å²) in [5, 5.41) is 5.27. The Balaban J connectivity index is 0. The number of benzene rings is 1. The van der Waals surface area contributed by atoms with Gasteiger partial charge in [0.2, 0.25) is 17.7 Å². The lowest BCUT2D eigenvalue weighted by molar-refractivity contribution is -0.124. The van der Waals surface area contributed by atoms with E-state index in [4.69, 9.17) is 5.73 Å². The van der Waals surface area contributed by atoms with E-state index in [1.54, 1.807) is 18.2 Å². The molecular formula is C15H23N3O4. The van der Waals surface area contributed by atoms with Crippen LogP contribution in [-0.4, -0.2) is 30.0 Å². The van der Waals surface area contributed by atoms with Gasteiger partial charge in [-0.1, -0.05) is 12.1 Å². The van der Waals surface area contributed by atoms with Gasteiger partial charge in [-0.2, -0.15) is 0 Å². The Hall–Kier alpha value is -2.70. The molecule has 2 rings (SSSR count). The first-order valence-electron chi connectivity index (χ1n) is 6.92. The first-order valence-corrected chi connectivity index (χ1v) is 6.92. The largest absolute Gasteiger partial charge is 0.370 e. The fourth-order valence-electron chi connectivity index (χ4n) is 2.31. The zero-order valence-corrected chi connectivity index (χ0v) is 11.9. The molecule has 0 saturated carbocycles. The molecule has 1 aliphatic heterocycles. The number of rotatable bonds is 7. The first kappa shape index (κ1) is 15.7. The first-order chi connectivity index (χ1) is 10.5. The molecule has 122 valence electrons. The van der Waals surface area contributed by atoms with Gasteiger partial charge in [-0.15, -0.1) is 0 Å². The molecule has 1 aromatic carbocycles. The van der Waals surface area contributed by atoms with E-state index in [9.17, 15) is 19.2 Å². The lowest BCUT2D eigenvalue weighted by atomic mass is 10.1. The summed E-state index contributed by atoms with van der Waals surface area (Å²) >= 11 is 0. The maximum atomic E-state index is 11.9. The molecule has 0 spiro atoms. The van der Waals surface area contributed by atoms with Gasteiger partial charge in [0.25, 0.3) is 0 Å². The molecule has 0 bridgehead atoms. The van der Waals surface area contributed by atoms with Gasteiger partial charge in [-0.3, -0.25) is 14.4 Å².